The van der Waals surface area contributed by atoms with Crippen molar-refractivity contribution in [2.45, 2.75) is 38.4 Å². The molecular formula is C18H17NO2. The first kappa shape index (κ1) is 12.7. The summed E-state index contributed by atoms with van der Waals surface area (Å²) in [7, 11) is 0. The van der Waals surface area contributed by atoms with Crippen LogP contribution in [-0.4, -0.2) is 10.8 Å². The molecule has 21 heavy (non-hydrogen) atoms. The summed E-state index contributed by atoms with van der Waals surface area (Å²) >= 11 is 0. The van der Waals surface area contributed by atoms with Gasteiger partial charge < -0.3 is 4.74 Å². The quantitative estimate of drug-likeness (QED) is 0.791. The topological polar surface area (TPSA) is 39.2 Å². The van der Waals surface area contributed by atoms with Gasteiger partial charge in [0.25, 0.3) is 0 Å². The molecule has 0 spiro atoms. The normalized spacial score (nSPS) is 19.9. The molecule has 1 aliphatic carbocycles. The third kappa shape index (κ3) is 2.18. The maximum Gasteiger partial charge on any atom is 0.171 e. The molecule has 0 N–H and O–H groups in total. The van der Waals surface area contributed by atoms with Crippen molar-refractivity contribution in [1.82, 2.24) is 4.98 Å². The minimum atomic E-state index is -0.0877. The second-order valence-corrected chi connectivity index (χ2v) is 5.83. The van der Waals surface area contributed by atoms with Crippen molar-refractivity contribution in [3.05, 3.63) is 64.5 Å². The Kier molecular flexibility index (Phi) is 3.08. The predicted octanol–water partition coefficient (Wildman–Crippen LogP) is 3.41. The number of carbonyl (C=O) groups is 1. The minimum absolute atomic E-state index is 0.0877. The van der Waals surface area contributed by atoms with Crippen LogP contribution in [-0.2, 0) is 24.4 Å². The zero-order valence-electron chi connectivity index (χ0n) is 11.8. The van der Waals surface area contributed by atoms with E-state index < -0.39 is 0 Å². The molecule has 1 atom stereocenters. The monoisotopic (exact) mass is 279 g/mol. The molecule has 3 heteroatoms. The smallest absolute Gasteiger partial charge is 0.171 e. The van der Waals surface area contributed by atoms with Gasteiger partial charge in [-0.05, 0) is 48.1 Å². The van der Waals surface area contributed by atoms with Crippen molar-refractivity contribution < 1.29 is 9.53 Å². The van der Waals surface area contributed by atoms with Gasteiger partial charge in [-0.2, -0.15) is 0 Å². The van der Waals surface area contributed by atoms with Gasteiger partial charge in [0, 0.05) is 11.8 Å². The van der Waals surface area contributed by atoms with Crippen molar-refractivity contribution in [3.8, 4) is 0 Å². The number of nitrogens with zero attached hydrogens (tertiary/aromatic N) is 1. The van der Waals surface area contributed by atoms with Gasteiger partial charge in [-0.25, -0.2) is 0 Å². The minimum Gasteiger partial charge on any atom is -0.372 e. The molecule has 4 rings (SSSR count). The van der Waals surface area contributed by atoms with Gasteiger partial charge in [0.1, 0.15) is 0 Å². The Morgan fingerprint density at radius 2 is 2.05 bits per heavy atom. The lowest BCUT2D eigenvalue weighted by Gasteiger charge is -2.23. The van der Waals surface area contributed by atoms with Crippen LogP contribution < -0.4 is 0 Å². The molecule has 1 aromatic heterocycles. The molecule has 1 aliphatic heterocycles. The van der Waals surface area contributed by atoms with E-state index in [0.29, 0.717) is 13.2 Å². The summed E-state index contributed by atoms with van der Waals surface area (Å²) in [6.07, 6.45) is 4.78. The molecule has 1 aromatic carbocycles. The molecule has 1 unspecified atom stereocenters. The fourth-order valence-corrected chi connectivity index (χ4v) is 3.39. The number of hydrogen-bond acceptors (Lipinski definition) is 3. The third-order valence-electron chi connectivity index (χ3n) is 4.52. The predicted molar refractivity (Wildman–Crippen MR) is 79.2 cm³/mol. The van der Waals surface area contributed by atoms with Crippen LogP contribution in [0.25, 0.3) is 0 Å². The Morgan fingerprint density at radius 1 is 1.14 bits per heavy atom. The molecule has 106 valence electrons. The average Bonchev–Trinajstić information content (AvgIpc) is 3.01. The van der Waals surface area contributed by atoms with E-state index in [9.17, 15) is 4.79 Å². The van der Waals surface area contributed by atoms with E-state index in [0.717, 1.165) is 36.1 Å². The highest BCUT2D eigenvalue weighted by Gasteiger charge is 2.29. The highest BCUT2D eigenvalue weighted by molar-refractivity contribution is 6.01. The largest absolute Gasteiger partial charge is 0.372 e. The van der Waals surface area contributed by atoms with E-state index in [1.165, 1.54) is 11.1 Å². The van der Waals surface area contributed by atoms with Gasteiger partial charge in [-0.15, -0.1) is 0 Å². The van der Waals surface area contributed by atoms with Crippen LogP contribution in [0.5, 0.6) is 0 Å². The fraction of sp³-hybridized carbons (Fsp3) is 0.333. The van der Waals surface area contributed by atoms with E-state index in [1.807, 2.05) is 24.3 Å². The van der Waals surface area contributed by atoms with Crippen LogP contribution in [0.3, 0.4) is 0 Å². The van der Waals surface area contributed by atoms with Crippen molar-refractivity contribution in [1.29, 1.82) is 0 Å². The van der Waals surface area contributed by atoms with Gasteiger partial charge >= 0.3 is 0 Å². The average molecular weight is 279 g/mol. The molecule has 0 radical (unpaired) electrons. The molecule has 3 nitrogen and oxygen atoms in total. The number of pyridine rings is 1. The molecule has 2 heterocycles. The Bertz CT molecular complexity index is 708. The van der Waals surface area contributed by atoms with Crippen LogP contribution in [0, 0.1) is 0 Å². The van der Waals surface area contributed by atoms with Gasteiger partial charge in [0.2, 0.25) is 0 Å². The summed E-state index contributed by atoms with van der Waals surface area (Å²) in [6, 6.07) is 10.0. The van der Waals surface area contributed by atoms with Crippen LogP contribution in [0.1, 0.15) is 51.5 Å². The number of carbonyl (C=O) groups excluding carboxylic acids is 1. The zero-order valence-corrected chi connectivity index (χ0v) is 11.8. The highest BCUT2D eigenvalue weighted by atomic mass is 16.5. The number of aryl methyl sites for hydroxylation is 1. The summed E-state index contributed by atoms with van der Waals surface area (Å²) in [5.74, 6) is 0.111. The van der Waals surface area contributed by atoms with Crippen molar-refractivity contribution in [2.24, 2.45) is 0 Å². The molecule has 0 fully saturated rings. The molecule has 0 amide bonds. The lowest BCUT2D eigenvalue weighted by Crippen LogP contribution is -2.20. The van der Waals surface area contributed by atoms with E-state index in [2.05, 4.69) is 11.1 Å². The number of fused-ring (bicyclic) bond motifs is 2. The van der Waals surface area contributed by atoms with Crippen molar-refractivity contribution in [2.75, 3.05) is 0 Å². The lowest BCUT2D eigenvalue weighted by molar-refractivity contribution is 0.0948. The third-order valence-corrected chi connectivity index (χ3v) is 4.52. The Morgan fingerprint density at radius 3 is 3.00 bits per heavy atom. The zero-order chi connectivity index (χ0) is 14.2. The van der Waals surface area contributed by atoms with Gasteiger partial charge in [-0.3, -0.25) is 9.78 Å². The van der Waals surface area contributed by atoms with Crippen LogP contribution >= 0.6 is 0 Å². The number of benzene rings is 1. The highest BCUT2D eigenvalue weighted by Crippen LogP contribution is 2.33. The number of ketones is 1. The number of rotatable bonds is 2. The van der Waals surface area contributed by atoms with Crippen LogP contribution in [0.2, 0.25) is 0 Å². The number of aromatic nitrogens is 1. The molecule has 0 bridgehead atoms. The van der Waals surface area contributed by atoms with Crippen molar-refractivity contribution in [3.63, 3.8) is 0 Å². The van der Waals surface area contributed by atoms with E-state index in [4.69, 9.17) is 4.74 Å². The van der Waals surface area contributed by atoms with Gasteiger partial charge in [0.15, 0.2) is 5.78 Å². The first-order chi connectivity index (χ1) is 10.3. The summed E-state index contributed by atoms with van der Waals surface area (Å²) in [6.45, 7) is 1.29. The second kappa shape index (κ2) is 5.08. The Balaban J connectivity index is 1.70. The Hall–Kier alpha value is -2.00. The summed E-state index contributed by atoms with van der Waals surface area (Å²) in [5, 5.41) is 0. The Labute approximate surface area is 124 Å². The standard InChI is InChI=1S/C18H17NO2/c20-18(13-6-7-14-10-21-11-15(14)9-13)16-5-1-3-12-4-2-8-19-17(12)16/h2,4,6-9,16H,1,3,5,10-11H2. The summed E-state index contributed by atoms with van der Waals surface area (Å²) in [5.41, 5.74) is 5.35. The molecular weight excluding hydrogens is 262 g/mol. The fourth-order valence-electron chi connectivity index (χ4n) is 3.39. The SMILES string of the molecule is O=C(c1ccc2c(c1)COC2)C1CCCc2cccnc21. The van der Waals surface area contributed by atoms with E-state index in [-0.39, 0.29) is 11.7 Å². The second-order valence-electron chi connectivity index (χ2n) is 5.83. The van der Waals surface area contributed by atoms with Crippen LogP contribution in [0.4, 0.5) is 0 Å². The maximum absolute atomic E-state index is 12.9. The van der Waals surface area contributed by atoms with Crippen molar-refractivity contribution >= 4 is 5.78 Å². The lowest BCUT2D eigenvalue weighted by atomic mass is 9.81. The first-order valence-corrected chi connectivity index (χ1v) is 7.50. The summed E-state index contributed by atoms with van der Waals surface area (Å²) in [4.78, 5) is 17.4. The summed E-state index contributed by atoms with van der Waals surface area (Å²) < 4.78 is 5.43. The van der Waals surface area contributed by atoms with E-state index in [1.54, 1.807) is 6.20 Å². The number of ether oxygens (including phenoxy) is 1. The number of Topliss-reactive ketones (excluding diaryl/α,β-unsaturated/α-hetero) is 1. The van der Waals surface area contributed by atoms with Gasteiger partial charge in [0.05, 0.1) is 24.8 Å². The molecule has 0 saturated heterocycles. The molecule has 0 saturated carbocycles. The molecule has 2 aliphatic rings. The maximum atomic E-state index is 12.9. The van der Waals surface area contributed by atoms with Gasteiger partial charge in [-0.1, -0.05) is 18.2 Å². The molecule has 2 aromatic rings. The number of hydrogen-bond donors (Lipinski definition) is 0. The van der Waals surface area contributed by atoms with E-state index >= 15 is 0 Å². The van der Waals surface area contributed by atoms with Crippen LogP contribution in [0.15, 0.2) is 36.5 Å². The first-order valence-electron chi connectivity index (χ1n) is 7.50.